The van der Waals surface area contributed by atoms with E-state index >= 15 is 0 Å². The molecule has 0 aliphatic carbocycles. The van der Waals surface area contributed by atoms with Crippen LogP contribution in [0.4, 0.5) is 5.69 Å². The molecule has 0 bridgehead atoms. The second-order valence-electron chi connectivity index (χ2n) is 6.65. The minimum absolute atomic E-state index is 0.226. The molecule has 0 aliphatic rings. The second-order valence-corrected chi connectivity index (χ2v) is 9.79. The molecule has 0 radical (unpaired) electrons. The molecule has 0 unspecified atom stereocenters. The minimum Gasteiger partial charge on any atom is -0.493 e. The lowest BCUT2D eigenvalue weighted by Gasteiger charge is -2.18. The van der Waals surface area contributed by atoms with Crippen LogP contribution < -0.4 is 19.1 Å². The highest BCUT2D eigenvalue weighted by Gasteiger charge is 2.22. The first kappa shape index (κ1) is 22.6. The smallest absolute Gasteiger partial charge is 0.273 e. The Morgan fingerprint density at radius 2 is 1.74 bits per heavy atom. The van der Waals surface area contributed by atoms with Gasteiger partial charge in [-0.1, -0.05) is 12.1 Å². The predicted octanol–water partition coefficient (Wildman–Crippen LogP) is 3.56. The van der Waals surface area contributed by atoms with Gasteiger partial charge in [-0.05, 0) is 59.8 Å². The highest BCUT2D eigenvalue weighted by molar-refractivity contribution is 7.94. The molecule has 0 atom stereocenters. The molecule has 0 spiro atoms. The topological polar surface area (TPSA) is 84.9 Å². The number of hydrogen-bond donors (Lipinski definition) is 1. The van der Waals surface area contributed by atoms with E-state index in [1.165, 1.54) is 11.4 Å². The second kappa shape index (κ2) is 9.84. The van der Waals surface area contributed by atoms with Gasteiger partial charge >= 0.3 is 0 Å². The first-order valence-corrected chi connectivity index (χ1v) is 11.8. The molecular weight excluding hydrogens is 436 g/mol. The number of nitrogens with one attached hydrogen (secondary N) is 1. The molecule has 1 aromatic heterocycles. The maximum Gasteiger partial charge on any atom is 0.273 e. The van der Waals surface area contributed by atoms with Crippen LogP contribution in [-0.4, -0.2) is 42.1 Å². The van der Waals surface area contributed by atoms with Gasteiger partial charge in [-0.3, -0.25) is 9.10 Å². The fourth-order valence-electron chi connectivity index (χ4n) is 2.97. The number of ether oxygens (including phenoxy) is 2. The Bertz CT molecular complexity index is 1130. The summed E-state index contributed by atoms with van der Waals surface area (Å²) in [6, 6.07) is 15.4. The summed E-state index contributed by atoms with van der Waals surface area (Å²) >= 11 is 1.16. The van der Waals surface area contributed by atoms with Gasteiger partial charge in [-0.15, -0.1) is 11.3 Å². The predicted molar refractivity (Wildman–Crippen MR) is 122 cm³/mol. The van der Waals surface area contributed by atoms with Crippen molar-refractivity contribution in [2.45, 2.75) is 10.6 Å². The molecule has 31 heavy (non-hydrogen) atoms. The highest BCUT2D eigenvalue weighted by atomic mass is 32.2. The molecule has 1 amide bonds. The van der Waals surface area contributed by atoms with Crippen molar-refractivity contribution in [2.75, 3.05) is 32.1 Å². The van der Waals surface area contributed by atoms with Gasteiger partial charge in [0.25, 0.3) is 15.9 Å². The van der Waals surface area contributed by atoms with Crippen LogP contribution >= 0.6 is 11.3 Å². The van der Waals surface area contributed by atoms with Gasteiger partial charge < -0.3 is 14.8 Å². The van der Waals surface area contributed by atoms with Gasteiger partial charge in [0.15, 0.2) is 11.5 Å². The van der Waals surface area contributed by atoms with Crippen LogP contribution in [0.5, 0.6) is 11.5 Å². The molecule has 0 saturated carbocycles. The summed E-state index contributed by atoms with van der Waals surface area (Å²) in [6.45, 7) is 0.447. The molecule has 1 heterocycles. The molecule has 3 aromatic rings. The van der Waals surface area contributed by atoms with E-state index in [1.54, 1.807) is 56.0 Å². The van der Waals surface area contributed by atoms with Gasteiger partial charge in [0.2, 0.25) is 0 Å². The molecule has 3 rings (SSSR count). The quantitative estimate of drug-likeness (QED) is 0.528. The fourth-order valence-corrected chi connectivity index (χ4v) is 5.32. The lowest BCUT2D eigenvalue weighted by atomic mass is 10.1. The van der Waals surface area contributed by atoms with Crippen LogP contribution in [0, 0.1) is 0 Å². The third-order valence-electron chi connectivity index (χ3n) is 4.75. The zero-order valence-electron chi connectivity index (χ0n) is 17.5. The standard InChI is InChI=1S/C22H24N2O5S2/c1-24(31(26,27)21-5-4-14-30-21)18-9-7-17(8-10-18)22(25)23-13-12-16-6-11-19(28-2)20(15-16)29-3/h4-11,14-15H,12-13H2,1-3H3,(H,23,25). The van der Waals surface area contributed by atoms with Crippen molar-refractivity contribution < 1.29 is 22.7 Å². The Morgan fingerprint density at radius 3 is 2.35 bits per heavy atom. The lowest BCUT2D eigenvalue weighted by Crippen LogP contribution is -2.27. The van der Waals surface area contributed by atoms with Crippen LogP contribution in [0.1, 0.15) is 15.9 Å². The van der Waals surface area contributed by atoms with Crippen LogP contribution in [-0.2, 0) is 16.4 Å². The van der Waals surface area contributed by atoms with Gasteiger partial charge in [0.1, 0.15) is 4.21 Å². The summed E-state index contributed by atoms with van der Waals surface area (Å²) in [4.78, 5) is 12.4. The summed E-state index contributed by atoms with van der Waals surface area (Å²) in [7, 11) is 1.05. The Morgan fingerprint density at radius 1 is 1.03 bits per heavy atom. The first-order valence-electron chi connectivity index (χ1n) is 9.48. The Kier molecular flexibility index (Phi) is 7.19. The molecule has 2 aromatic carbocycles. The zero-order chi connectivity index (χ0) is 22.4. The summed E-state index contributed by atoms with van der Waals surface area (Å²) in [5.74, 6) is 1.07. The summed E-state index contributed by atoms with van der Waals surface area (Å²) < 4.78 is 37.2. The van der Waals surface area contributed by atoms with E-state index in [0.717, 1.165) is 16.9 Å². The minimum atomic E-state index is -3.61. The van der Waals surface area contributed by atoms with E-state index in [9.17, 15) is 13.2 Å². The summed E-state index contributed by atoms with van der Waals surface area (Å²) in [6.07, 6.45) is 0.631. The van der Waals surface area contributed by atoms with Crippen molar-refractivity contribution in [1.29, 1.82) is 0 Å². The van der Waals surface area contributed by atoms with Crippen LogP contribution in [0.25, 0.3) is 0 Å². The number of carbonyl (C=O) groups is 1. The lowest BCUT2D eigenvalue weighted by molar-refractivity contribution is 0.0954. The number of hydrogen-bond acceptors (Lipinski definition) is 6. The molecule has 7 nitrogen and oxygen atoms in total. The average molecular weight is 461 g/mol. The highest BCUT2D eigenvalue weighted by Crippen LogP contribution is 2.28. The number of nitrogens with zero attached hydrogens (tertiary/aromatic N) is 1. The molecule has 164 valence electrons. The van der Waals surface area contributed by atoms with E-state index in [-0.39, 0.29) is 10.1 Å². The molecule has 1 N–H and O–H groups in total. The number of benzene rings is 2. The van der Waals surface area contributed by atoms with Crippen LogP contribution in [0.2, 0.25) is 0 Å². The third kappa shape index (κ3) is 5.18. The van der Waals surface area contributed by atoms with Crippen LogP contribution in [0.3, 0.4) is 0 Å². The maximum absolute atomic E-state index is 12.6. The van der Waals surface area contributed by atoms with Crippen molar-refractivity contribution in [3.8, 4) is 11.5 Å². The van der Waals surface area contributed by atoms with Gasteiger partial charge in [-0.2, -0.15) is 0 Å². The molecular formula is C22H24N2O5S2. The Hall–Kier alpha value is -3.04. The fraction of sp³-hybridized carbons (Fsp3) is 0.227. The number of rotatable bonds is 9. The van der Waals surface area contributed by atoms with Gasteiger partial charge in [0.05, 0.1) is 19.9 Å². The van der Waals surface area contributed by atoms with Crippen molar-refractivity contribution in [3.63, 3.8) is 0 Å². The normalized spacial score (nSPS) is 11.1. The van der Waals surface area contributed by atoms with E-state index in [4.69, 9.17) is 9.47 Å². The number of methoxy groups -OCH3 is 2. The van der Waals surface area contributed by atoms with E-state index in [1.807, 2.05) is 18.2 Å². The largest absolute Gasteiger partial charge is 0.493 e. The number of sulfonamides is 1. The van der Waals surface area contributed by atoms with Crippen molar-refractivity contribution in [2.24, 2.45) is 0 Å². The molecule has 0 aliphatic heterocycles. The average Bonchev–Trinajstić information content (AvgIpc) is 3.34. The third-order valence-corrected chi connectivity index (χ3v) is 7.91. The summed E-state index contributed by atoms with van der Waals surface area (Å²) in [5, 5.41) is 4.59. The molecule has 9 heteroatoms. The number of thiophene rings is 1. The van der Waals surface area contributed by atoms with Crippen LogP contribution in [0.15, 0.2) is 64.2 Å². The van der Waals surface area contributed by atoms with Crippen molar-refractivity contribution in [1.82, 2.24) is 5.32 Å². The summed E-state index contributed by atoms with van der Waals surface area (Å²) in [5.41, 5.74) is 1.95. The van der Waals surface area contributed by atoms with E-state index in [2.05, 4.69) is 5.32 Å². The van der Waals surface area contributed by atoms with Gasteiger partial charge in [0, 0.05) is 19.2 Å². The number of anilines is 1. The van der Waals surface area contributed by atoms with Crippen molar-refractivity contribution in [3.05, 3.63) is 71.1 Å². The number of amides is 1. The van der Waals surface area contributed by atoms with Crippen molar-refractivity contribution >= 4 is 33.0 Å². The Balaban J connectivity index is 1.59. The number of carbonyl (C=O) groups excluding carboxylic acids is 1. The van der Waals surface area contributed by atoms with E-state index < -0.39 is 10.0 Å². The maximum atomic E-state index is 12.6. The molecule has 0 saturated heterocycles. The SMILES string of the molecule is COc1ccc(CCNC(=O)c2ccc(N(C)S(=O)(=O)c3cccs3)cc2)cc1OC. The van der Waals surface area contributed by atoms with Gasteiger partial charge in [-0.25, -0.2) is 8.42 Å². The monoisotopic (exact) mass is 460 g/mol. The Labute approximate surface area is 186 Å². The molecule has 0 fully saturated rings. The van der Waals surface area contributed by atoms with E-state index in [0.29, 0.717) is 35.7 Å². The zero-order valence-corrected chi connectivity index (χ0v) is 19.1. The first-order chi connectivity index (χ1) is 14.9.